The van der Waals surface area contributed by atoms with Crippen molar-refractivity contribution in [3.8, 4) is 17.3 Å². The predicted octanol–water partition coefficient (Wildman–Crippen LogP) is 6.31. The van der Waals surface area contributed by atoms with Crippen molar-refractivity contribution < 1.29 is 8.98 Å². The maximum atomic E-state index is 9.96. The van der Waals surface area contributed by atoms with Crippen molar-refractivity contribution >= 4 is 21.9 Å². The first-order valence-corrected chi connectivity index (χ1v) is 10.5. The first-order valence-electron chi connectivity index (χ1n) is 10.5. The van der Waals surface area contributed by atoms with Gasteiger partial charge in [-0.1, -0.05) is 31.4 Å². The molecule has 0 N–H and O–H groups in total. The van der Waals surface area contributed by atoms with Crippen molar-refractivity contribution in [2.75, 3.05) is 0 Å². The Morgan fingerprint density at radius 1 is 1.03 bits per heavy atom. The fraction of sp³-hybridized carbons (Fsp3) is 0.308. The van der Waals surface area contributed by atoms with Crippen molar-refractivity contribution in [3.05, 3.63) is 65.4 Å². The van der Waals surface area contributed by atoms with Gasteiger partial charge in [-0.2, -0.15) is 5.26 Å². The Morgan fingerprint density at radius 2 is 1.86 bits per heavy atom. The standard InChI is InChI=1S/C26H25N2O/c1-17-15-19(16-27)24-25-20(18-9-4-3-5-10-18)11-8-13-22(25)29-26(24)23(17)21-12-6-7-14-28(21)2/h6-8,11-15,18H,3-5,9-10H2,1-2H3/q+1. The highest BCUT2D eigenvalue weighted by molar-refractivity contribution is 6.13. The molecule has 2 heterocycles. The van der Waals surface area contributed by atoms with Gasteiger partial charge in [-0.05, 0) is 55.0 Å². The van der Waals surface area contributed by atoms with Gasteiger partial charge >= 0.3 is 0 Å². The van der Waals surface area contributed by atoms with Crippen LogP contribution >= 0.6 is 0 Å². The number of fused-ring (bicyclic) bond motifs is 3. The third-order valence-electron chi connectivity index (χ3n) is 6.48. The van der Waals surface area contributed by atoms with Crippen LogP contribution < -0.4 is 4.57 Å². The summed E-state index contributed by atoms with van der Waals surface area (Å²) in [6.07, 6.45) is 8.39. The largest absolute Gasteiger partial charge is 0.455 e. The van der Waals surface area contributed by atoms with Gasteiger partial charge in [0, 0.05) is 22.9 Å². The van der Waals surface area contributed by atoms with Crippen LogP contribution in [0.3, 0.4) is 0 Å². The van der Waals surface area contributed by atoms with Gasteiger partial charge in [-0.15, -0.1) is 0 Å². The van der Waals surface area contributed by atoms with Gasteiger partial charge in [0.15, 0.2) is 11.8 Å². The summed E-state index contributed by atoms with van der Waals surface area (Å²) in [5, 5.41) is 12.1. The molecule has 0 spiro atoms. The average Bonchev–Trinajstić information content (AvgIpc) is 3.14. The van der Waals surface area contributed by atoms with Crippen LogP contribution in [0.4, 0.5) is 0 Å². The number of rotatable bonds is 2. The van der Waals surface area contributed by atoms with Gasteiger partial charge in [0.1, 0.15) is 12.6 Å². The van der Waals surface area contributed by atoms with Gasteiger partial charge in [-0.3, -0.25) is 0 Å². The Balaban J connectivity index is 1.90. The lowest BCUT2D eigenvalue weighted by atomic mass is 9.82. The third-order valence-corrected chi connectivity index (χ3v) is 6.48. The maximum Gasteiger partial charge on any atom is 0.216 e. The zero-order chi connectivity index (χ0) is 20.0. The Morgan fingerprint density at radius 3 is 2.62 bits per heavy atom. The maximum absolute atomic E-state index is 9.96. The number of pyridine rings is 1. The number of aromatic nitrogens is 1. The van der Waals surface area contributed by atoms with E-state index in [-0.39, 0.29) is 0 Å². The van der Waals surface area contributed by atoms with Crippen LogP contribution in [0, 0.1) is 18.3 Å². The third kappa shape index (κ3) is 2.83. The highest BCUT2D eigenvalue weighted by atomic mass is 16.3. The summed E-state index contributed by atoms with van der Waals surface area (Å²) in [4.78, 5) is 0. The second kappa shape index (κ2) is 7.04. The molecule has 2 aromatic heterocycles. The van der Waals surface area contributed by atoms with E-state index < -0.39 is 0 Å². The SMILES string of the molecule is Cc1cc(C#N)c2c(oc3cccc(C4CCCCC4)c32)c1-c1cccc[n+]1C. The highest BCUT2D eigenvalue weighted by Gasteiger charge is 2.26. The molecule has 0 bridgehead atoms. The van der Waals surface area contributed by atoms with Gasteiger partial charge in [0.05, 0.1) is 17.2 Å². The number of nitrogens with zero attached hydrogens (tertiary/aromatic N) is 2. The fourth-order valence-corrected chi connectivity index (χ4v) is 5.09. The molecule has 0 radical (unpaired) electrons. The molecule has 3 heteroatoms. The van der Waals surface area contributed by atoms with E-state index in [9.17, 15) is 5.26 Å². The lowest BCUT2D eigenvalue weighted by Gasteiger charge is -2.22. The van der Waals surface area contributed by atoms with Gasteiger partial charge in [-0.25, -0.2) is 4.57 Å². The molecule has 3 nitrogen and oxygen atoms in total. The van der Waals surface area contributed by atoms with Crippen LogP contribution in [-0.4, -0.2) is 0 Å². The van der Waals surface area contributed by atoms with Crippen molar-refractivity contribution in [1.82, 2.24) is 0 Å². The number of hydrogen-bond donors (Lipinski definition) is 0. The van der Waals surface area contributed by atoms with E-state index in [0.717, 1.165) is 38.8 Å². The number of nitriles is 1. The monoisotopic (exact) mass is 381 g/mol. The van der Waals surface area contributed by atoms with E-state index in [2.05, 4.69) is 55.1 Å². The molecule has 0 aliphatic heterocycles. The predicted molar refractivity (Wildman–Crippen MR) is 116 cm³/mol. The first-order chi connectivity index (χ1) is 14.2. The molecule has 29 heavy (non-hydrogen) atoms. The van der Waals surface area contributed by atoms with Crippen LogP contribution in [0.25, 0.3) is 33.2 Å². The second-order valence-electron chi connectivity index (χ2n) is 8.29. The summed E-state index contributed by atoms with van der Waals surface area (Å²) in [6.45, 7) is 2.07. The van der Waals surface area contributed by atoms with E-state index in [1.165, 1.54) is 37.7 Å². The van der Waals surface area contributed by atoms with Crippen LogP contribution in [-0.2, 0) is 7.05 Å². The molecule has 1 fully saturated rings. The molecule has 0 amide bonds. The molecule has 0 saturated heterocycles. The van der Waals surface area contributed by atoms with Gasteiger partial charge in [0.2, 0.25) is 5.69 Å². The molecule has 2 aromatic carbocycles. The van der Waals surface area contributed by atoms with Crippen molar-refractivity contribution in [1.29, 1.82) is 5.26 Å². The minimum Gasteiger partial charge on any atom is -0.455 e. The second-order valence-corrected chi connectivity index (χ2v) is 8.29. The summed E-state index contributed by atoms with van der Waals surface area (Å²) in [5.41, 5.74) is 7.03. The minimum absolute atomic E-state index is 0.553. The number of aryl methyl sites for hydroxylation is 2. The number of hydrogen-bond acceptors (Lipinski definition) is 2. The quantitative estimate of drug-likeness (QED) is 0.382. The Hall–Kier alpha value is -3.12. The topological polar surface area (TPSA) is 40.8 Å². The van der Waals surface area contributed by atoms with Crippen LogP contribution in [0.1, 0.15) is 54.7 Å². The van der Waals surface area contributed by atoms with Crippen molar-refractivity contribution in [2.45, 2.75) is 44.9 Å². The molecule has 1 saturated carbocycles. The van der Waals surface area contributed by atoms with E-state index in [0.29, 0.717) is 11.5 Å². The Kier molecular flexibility index (Phi) is 4.36. The molecular formula is C26H25N2O+. The summed E-state index contributed by atoms with van der Waals surface area (Å²) >= 11 is 0. The summed E-state index contributed by atoms with van der Waals surface area (Å²) in [5.74, 6) is 0.553. The number of benzene rings is 2. The number of furan rings is 1. The zero-order valence-electron chi connectivity index (χ0n) is 17.0. The Bertz CT molecular complexity index is 1270. The first kappa shape index (κ1) is 17.9. The van der Waals surface area contributed by atoms with E-state index in [4.69, 9.17) is 4.42 Å². The molecule has 5 rings (SSSR count). The molecule has 0 unspecified atom stereocenters. The summed E-state index contributed by atoms with van der Waals surface area (Å²) in [6, 6.07) is 17.1. The molecule has 144 valence electrons. The normalized spacial score (nSPS) is 15.1. The van der Waals surface area contributed by atoms with E-state index >= 15 is 0 Å². The summed E-state index contributed by atoms with van der Waals surface area (Å²) in [7, 11) is 2.05. The van der Waals surface area contributed by atoms with Crippen LogP contribution in [0.5, 0.6) is 0 Å². The summed E-state index contributed by atoms with van der Waals surface area (Å²) < 4.78 is 8.60. The van der Waals surface area contributed by atoms with Gasteiger partial charge in [0.25, 0.3) is 0 Å². The average molecular weight is 381 g/mol. The van der Waals surface area contributed by atoms with E-state index in [1.807, 2.05) is 18.2 Å². The van der Waals surface area contributed by atoms with Crippen molar-refractivity contribution in [2.24, 2.45) is 7.05 Å². The molecule has 4 aromatic rings. The fourth-order valence-electron chi connectivity index (χ4n) is 5.09. The Labute approximate surface area is 171 Å². The lowest BCUT2D eigenvalue weighted by Crippen LogP contribution is -2.30. The van der Waals surface area contributed by atoms with E-state index in [1.54, 1.807) is 0 Å². The molecule has 1 aliphatic carbocycles. The van der Waals surface area contributed by atoms with Crippen LogP contribution in [0.15, 0.2) is 53.1 Å². The van der Waals surface area contributed by atoms with Crippen molar-refractivity contribution in [3.63, 3.8) is 0 Å². The zero-order valence-corrected chi connectivity index (χ0v) is 17.0. The molecule has 0 atom stereocenters. The molecular weight excluding hydrogens is 356 g/mol. The molecule has 1 aliphatic rings. The van der Waals surface area contributed by atoms with Crippen LogP contribution in [0.2, 0.25) is 0 Å². The lowest BCUT2D eigenvalue weighted by molar-refractivity contribution is -0.660. The smallest absolute Gasteiger partial charge is 0.216 e. The van der Waals surface area contributed by atoms with Gasteiger partial charge < -0.3 is 4.42 Å². The minimum atomic E-state index is 0.553. The highest BCUT2D eigenvalue weighted by Crippen LogP contribution is 2.44.